The van der Waals surface area contributed by atoms with E-state index in [1.54, 1.807) is 0 Å². The van der Waals surface area contributed by atoms with Gasteiger partial charge in [-0.05, 0) is 18.8 Å². The highest BCUT2D eigenvalue weighted by molar-refractivity contribution is 8.30. The number of nitrogens with zero attached hydrogens (tertiary/aromatic N) is 2. The Hall–Kier alpha value is -1.41. The van der Waals surface area contributed by atoms with E-state index in [-0.39, 0.29) is 17.1 Å². The fourth-order valence-electron chi connectivity index (χ4n) is 1.63. The Balaban J connectivity index is 2.66. The average molecular weight is 304 g/mol. The lowest BCUT2D eigenvalue weighted by Gasteiger charge is -2.19. The van der Waals surface area contributed by atoms with Gasteiger partial charge in [-0.3, -0.25) is 10.8 Å². The third-order valence-electron chi connectivity index (χ3n) is 2.61. The van der Waals surface area contributed by atoms with E-state index in [0.29, 0.717) is 4.24 Å². The summed E-state index contributed by atoms with van der Waals surface area (Å²) in [6, 6.07) is 1.90. The molecule has 4 nitrogen and oxygen atoms in total. The van der Waals surface area contributed by atoms with Gasteiger partial charge in [0.25, 0.3) is 5.70 Å². The van der Waals surface area contributed by atoms with Crippen molar-refractivity contribution in [3.63, 3.8) is 0 Å². The van der Waals surface area contributed by atoms with Crippen LogP contribution in [0.25, 0.3) is 4.85 Å². The van der Waals surface area contributed by atoms with Crippen molar-refractivity contribution in [2.24, 2.45) is 0 Å². The molecule has 0 amide bonds. The second kappa shape index (κ2) is 5.30. The third kappa shape index (κ3) is 2.14. The molecule has 1 fully saturated rings. The van der Waals surface area contributed by atoms with Crippen LogP contribution in [0.5, 0.6) is 0 Å². The Morgan fingerprint density at radius 2 is 1.95 bits per heavy atom. The Morgan fingerprint density at radius 3 is 2.47 bits per heavy atom. The molecule has 2 aliphatic rings. The van der Waals surface area contributed by atoms with Crippen LogP contribution in [-0.2, 0) is 0 Å². The standard InChI is InChI=1S/C12H8N4S3/c1-5-7(14)8(15)10(17-3)11-9(5)18-12(19-11)6(4-13)16-2/h14-15H,1,3H3/b12-6-,14-7?,15-8?. The Kier molecular flexibility index (Phi) is 3.91. The van der Waals surface area contributed by atoms with Crippen LogP contribution in [0.1, 0.15) is 6.92 Å². The smallest absolute Gasteiger partial charge is 0.282 e. The van der Waals surface area contributed by atoms with Gasteiger partial charge < -0.3 is 0 Å². The number of hydrogen-bond donors (Lipinski definition) is 2. The summed E-state index contributed by atoms with van der Waals surface area (Å²) in [5.41, 5.74) is 1.27. The number of hydrogen-bond acceptors (Lipinski definition) is 6. The van der Waals surface area contributed by atoms with E-state index in [2.05, 4.69) is 4.85 Å². The molecule has 1 aliphatic heterocycles. The number of allylic oxidation sites excluding steroid dienone is 3. The molecule has 0 spiro atoms. The highest BCUT2D eigenvalue weighted by atomic mass is 32.2. The summed E-state index contributed by atoms with van der Waals surface area (Å²) in [7, 11) is 0. The van der Waals surface area contributed by atoms with Crippen molar-refractivity contribution >= 4 is 46.7 Å². The van der Waals surface area contributed by atoms with Crippen molar-refractivity contribution in [3.8, 4) is 6.07 Å². The maximum absolute atomic E-state index is 8.94. The molecule has 94 valence electrons. The molecule has 0 atom stereocenters. The lowest BCUT2D eigenvalue weighted by molar-refractivity contribution is 1.42. The maximum Gasteiger partial charge on any atom is 0.282 e. The molecule has 1 heterocycles. The summed E-state index contributed by atoms with van der Waals surface area (Å²) in [6.45, 7) is 8.82. The molecule has 0 aromatic heterocycles. The average Bonchev–Trinajstić information content (AvgIpc) is 2.83. The van der Waals surface area contributed by atoms with Crippen molar-refractivity contribution in [3.05, 3.63) is 41.6 Å². The molecule has 0 unspecified atom stereocenters. The Morgan fingerprint density at radius 1 is 1.32 bits per heavy atom. The third-order valence-corrected chi connectivity index (χ3v) is 6.27. The fourth-order valence-corrected chi connectivity index (χ4v) is 5.22. The first kappa shape index (κ1) is 14.0. The summed E-state index contributed by atoms with van der Waals surface area (Å²) in [5.74, 6) is 0. The Labute approximate surface area is 123 Å². The highest BCUT2D eigenvalue weighted by Gasteiger charge is 2.35. The van der Waals surface area contributed by atoms with Crippen LogP contribution in [0.2, 0.25) is 0 Å². The van der Waals surface area contributed by atoms with Crippen LogP contribution in [0.15, 0.2) is 30.2 Å². The van der Waals surface area contributed by atoms with Gasteiger partial charge in [0.2, 0.25) is 0 Å². The molecule has 7 heteroatoms. The first-order valence-electron chi connectivity index (χ1n) is 5.10. The summed E-state index contributed by atoms with van der Waals surface area (Å²) in [4.78, 5) is 5.79. The van der Waals surface area contributed by atoms with E-state index in [0.717, 1.165) is 20.3 Å². The van der Waals surface area contributed by atoms with Crippen LogP contribution in [0.3, 0.4) is 0 Å². The first-order valence-corrected chi connectivity index (χ1v) is 7.96. The van der Waals surface area contributed by atoms with Gasteiger partial charge in [-0.25, -0.2) is 10.1 Å². The summed E-state index contributed by atoms with van der Waals surface area (Å²) >= 11 is 4.15. The molecular formula is C12H8N4S3. The Bertz CT molecular complexity index is 667. The lowest BCUT2D eigenvalue weighted by Crippen LogP contribution is -2.20. The predicted molar refractivity (Wildman–Crippen MR) is 83.1 cm³/mol. The number of nitrogens with one attached hydrogen (secondary N) is 2. The highest BCUT2D eigenvalue weighted by Crippen LogP contribution is 2.58. The number of nitriles is 1. The number of fused-ring (bicyclic) bond motifs is 1. The van der Waals surface area contributed by atoms with E-state index >= 15 is 0 Å². The minimum Gasteiger partial charge on any atom is -0.298 e. The van der Waals surface area contributed by atoms with E-state index in [4.69, 9.17) is 22.7 Å². The lowest BCUT2D eigenvalue weighted by atomic mass is 10.0. The van der Waals surface area contributed by atoms with Gasteiger partial charge in [-0.2, -0.15) is 0 Å². The van der Waals surface area contributed by atoms with E-state index in [9.17, 15) is 0 Å². The molecular weight excluding hydrogens is 296 g/mol. The van der Waals surface area contributed by atoms with Crippen molar-refractivity contribution < 1.29 is 0 Å². The van der Waals surface area contributed by atoms with E-state index in [1.165, 1.54) is 35.3 Å². The predicted octanol–water partition coefficient (Wildman–Crippen LogP) is 3.98. The molecule has 0 aromatic carbocycles. The van der Waals surface area contributed by atoms with E-state index < -0.39 is 0 Å². The minimum absolute atomic E-state index is 0.0794. The van der Waals surface area contributed by atoms with Gasteiger partial charge in [-0.15, -0.1) is 11.8 Å². The van der Waals surface area contributed by atoms with Gasteiger partial charge in [0.15, 0.2) is 0 Å². The molecule has 2 rings (SSSR count). The zero-order chi connectivity index (χ0) is 14.2. The normalized spacial score (nSPS) is 21.3. The van der Waals surface area contributed by atoms with Crippen LogP contribution < -0.4 is 0 Å². The molecule has 19 heavy (non-hydrogen) atoms. The van der Waals surface area contributed by atoms with Crippen molar-refractivity contribution in [1.82, 2.24) is 0 Å². The topological polar surface area (TPSA) is 75.8 Å². The van der Waals surface area contributed by atoms with Crippen molar-refractivity contribution in [2.45, 2.75) is 6.92 Å². The summed E-state index contributed by atoms with van der Waals surface area (Å²) in [5, 5.41) is 24.9. The molecule has 1 saturated heterocycles. The molecule has 1 aliphatic carbocycles. The molecule has 0 bridgehead atoms. The zero-order valence-electron chi connectivity index (χ0n) is 10.1. The summed E-state index contributed by atoms with van der Waals surface area (Å²) < 4.78 is 0.649. The van der Waals surface area contributed by atoms with Crippen LogP contribution in [0, 0.1) is 28.7 Å². The molecule has 0 saturated carbocycles. The van der Waals surface area contributed by atoms with Crippen molar-refractivity contribution in [2.75, 3.05) is 6.26 Å². The molecule has 0 aromatic rings. The van der Waals surface area contributed by atoms with Crippen LogP contribution in [0.4, 0.5) is 0 Å². The SMILES string of the molecule is [C-]#[N+]/C(C#N)=C1/SC2=C(C)C(=N)C(=N)C(SC)=C2S1. The van der Waals surface area contributed by atoms with Gasteiger partial charge in [-0.1, -0.05) is 23.5 Å². The van der Waals surface area contributed by atoms with Gasteiger partial charge in [0.05, 0.1) is 28.3 Å². The first-order chi connectivity index (χ1) is 9.04. The second-order valence-electron chi connectivity index (χ2n) is 3.63. The summed E-state index contributed by atoms with van der Waals surface area (Å²) in [6.07, 6.45) is 1.87. The van der Waals surface area contributed by atoms with Gasteiger partial charge in [0.1, 0.15) is 0 Å². The van der Waals surface area contributed by atoms with Crippen molar-refractivity contribution in [1.29, 1.82) is 16.1 Å². The quantitative estimate of drug-likeness (QED) is 0.436. The van der Waals surface area contributed by atoms with E-state index in [1.807, 2.05) is 19.2 Å². The second-order valence-corrected chi connectivity index (χ2v) is 6.75. The monoisotopic (exact) mass is 304 g/mol. The largest absolute Gasteiger partial charge is 0.298 e. The number of thioether (sulfide) groups is 3. The van der Waals surface area contributed by atoms with Crippen LogP contribution >= 0.6 is 35.3 Å². The number of rotatable bonds is 1. The minimum atomic E-state index is 0.0794. The van der Waals surface area contributed by atoms with Gasteiger partial charge in [0, 0.05) is 14.7 Å². The van der Waals surface area contributed by atoms with Gasteiger partial charge >= 0.3 is 0 Å². The molecule has 2 N–H and O–H groups in total. The van der Waals surface area contributed by atoms with Crippen LogP contribution in [-0.4, -0.2) is 17.7 Å². The fraction of sp³-hybridized carbons (Fsp3) is 0.167. The zero-order valence-corrected chi connectivity index (χ0v) is 12.6. The maximum atomic E-state index is 8.94. The molecule has 0 radical (unpaired) electrons.